The van der Waals surface area contributed by atoms with Crippen LogP contribution in [0.2, 0.25) is 0 Å². The summed E-state index contributed by atoms with van der Waals surface area (Å²) in [6.07, 6.45) is 2.84. The molecule has 0 aromatic rings. The van der Waals surface area contributed by atoms with Crippen molar-refractivity contribution in [3.63, 3.8) is 0 Å². The third-order valence-electron chi connectivity index (χ3n) is 7.77. The van der Waals surface area contributed by atoms with E-state index in [1.165, 1.54) is 6.42 Å². The quantitative estimate of drug-likeness (QED) is 0.447. The smallest absolute Gasteiger partial charge is 0.207 e. The second kappa shape index (κ2) is 6.99. The molecule has 3 fully saturated rings. The van der Waals surface area contributed by atoms with Gasteiger partial charge in [-0.15, -0.1) is 0 Å². The molecule has 0 heterocycles. The van der Waals surface area contributed by atoms with Crippen molar-refractivity contribution in [1.82, 2.24) is 0 Å². The Kier molecular flexibility index (Phi) is 5.43. The maximum Gasteiger partial charge on any atom is 0.391 e. The highest BCUT2D eigenvalue weighted by Gasteiger charge is 2.54. The van der Waals surface area contributed by atoms with Crippen molar-refractivity contribution in [1.29, 1.82) is 0 Å². The van der Waals surface area contributed by atoms with Crippen LogP contribution in [0.25, 0.3) is 0 Å². The Morgan fingerprint density at radius 2 is 1.32 bits per heavy atom. The second-order valence-corrected chi connectivity index (χ2v) is 9.05. The first-order chi connectivity index (χ1) is 11.6. The zero-order chi connectivity index (χ0) is 18.3. The van der Waals surface area contributed by atoms with Gasteiger partial charge in [-0.2, -0.15) is 13.2 Å². The Morgan fingerprint density at radius 1 is 0.760 bits per heavy atom. The molecule has 3 aliphatic rings. The Hall–Kier alpha value is -0.350. The summed E-state index contributed by atoms with van der Waals surface area (Å²) in [6.45, 7) is 2.24. The first kappa shape index (κ1) is 19.4. The Labute approximate surface area is 147 Å². The highest BCUT2D eigenvalue weighted by molar-refractivity contribution is 5.01. The first-order valence-corrected chi connectivity index (χ1v) is 10.1. The van der Waals surface area contributed by atoms with Crippen molar-refractivity contribution in [2.24, 2.45) is 29.1 Å². The van der Waals surface area contributed by atoms with E-state index in [-0.39, 0.29) is 37.0 Å². The van der Waals surface area contributed by atoms with Gasteiger partial charge in [0.05, 0.1) is 5.92 Å². The van der Waals surface area contributed by atoms with Gasteiger partial charge >= 0.3 is 6.18 Å². The lowest BCUT2D eigenvalue weighted by Crippen LogP contribution is -2.48. The van der Waals surface area contributed by atoms with Crippen LogP contribution >= 0.6 is 0 Å². The van der Waals surface area contributed by atoms with Crippen molar-refractivity contribution in [3.05, 3.63) is 0 Å². The second-order valence-electron chi connectivity index (χ2n) is 9.05. The summed E-state index contributed by atoms with van der Waals surface area (Å²) in [5, 5.41) is 0. The molecular weight excluding hydrogens is 335 g/mol. The third kappa shape index (κ3) is 4.00. The van der Waals surface area contributed by atoms with E-state index in [0.29, 0.717) is 37.5 Å². The molecule has 146 valence electrons. The summed E-state index contributed by atoms with van der Waals surface area (Å²) in [4.78, 5) is 0. The fourth-order valence-corrected chi connectivity index (χ4v) is 6.33. The maximum absolute atomic E-state index is 13.8. The van der Waals surface area contributed by atoms with Crippen LogP contribution in [0.5, 0.6) is 0 Å². The molecule has 0 aliphatic heterocycles. The normalized spacial score (nSPS) is 39.1. The minimum atomic E-state index is -4.10. The lowest BCUT2D eigenvalue weighted by Gasteiger charge is -2.55. The summed E-state index contributed by atoms with van der Waals surface area (Å²) in [5.74, 6) is -2.63. The van der Waals surface area contributed by atoms with Crippen LogP contribution in [0.15, 0.2) is 0 Å². The SMILES string of the molecule is CC1CCCCC1C1(C2CCC(C(F)(F)F)CC2)CCC(F)(F)CC1. The zero-order valence-electron chi connectivity index (χ0n) is 15.2. The topological polar surface area (TPSA) is 0 Å². The summed E-state index contributed by atoms with van der Waals surface area (Å²) in [6, 6.07) is 0. The van der Waals surface area contributed by atoms with E-state index in [1.807, 2.05) is 0 Å². The maximum atomic E-state index is 13.8. The van der Waals surface area contributed by atoms with Crippen LogP contribution < -0.4 is 0 Å². The van der Waals surface area contributed by atoms with Crippen LogP contribution in [-0.4, -0.2) is 12.1 Å². The molecule has 0 N–H and O–H groups in total. The summed E-state index contributed by atoms with van der Waals surface area (Å²) >= 11 is 0. The molecular formula is C20H31F5. The van der Waals surface area contributed by atoms with Crippen molar-refractivity contribution in [2.45, 2.75) is 96.1 Å². The largest absolute Gasteiger partial charge is 0.391 e. The molecule has 3 saturated carbocycles. The fourth-order valence-electron chi connectivity index (χ4n) is 6.33. The average Bonchev–Trinajstić information content (AvgIpc) is 2.56. The van der Waals surface area contributed by atoms with Gasteiger partial charge in [0.25, 0.3) is 0 Å². The molecule has 0 aromatic heterocycles. The molecule has 2 unspecified atom stereocenters. The van der Waals surface area contributed by atoms with Gasteiger partial charge in [0, 0.05) is 12.8 Å². The number of hydrogen-bond donors (Lipinski definition) is 0. The van der Waals surface area contributed by atoms with E-state index in [0.717, 1.165) is 19.3 Å². The van der Waals surface area contributed by atoms with E-state index in [4.69, 9.17) is 0 Å². The molecule has 0 aromatic carbocycles. The predicted molar refractivity (Wildman–Crippen MR) is 88.5 cm³/mol. The zero-order valence-corrected chi connectivity index (χ0v) is 15.2. The molecule has 0 nitrogen and oxygen atoms in total. The predicted octanol–water partition coefficient (Wildman–Crippen LogP) is 7.38. The van der Waals surface area contributed by atoms with Crippen molar-refractivity contribution in [2.75, 3.05) is 0 Å². The van der Waals surface area contributed by atoms with Crippen LogP contribution in [0.4, 0.5) is 22.0 Å². The summed E-state index contributed by atoms with van der Waals surface area (Å²) < 4.78 is 66.8. The van der Waals surface area contributed by atoms with Gasteiger partial charge in [0.1, 0.15) is 0 Å². The fraction of sp³-hybridized carbons (Fsp3) is 1.00. The number of hydrogen-bond acceptors (Lipinski definition) is 0. The molecule has 5 heteroatoms. The molecule has 3 rings (SSSR count). The standard InChI is InChI=1S/C20H31F5/c1-14-4-2-3-5-17(14)18(10-12-19(21,22)13-11-18)15-6-8-16(9-7-15)20(23,24)25/h14-17H,2-13H2,1H3. The van der Waals surface area contributed by atoms with Crippen molar-refractivity contribution in [3.8, 4) is 0 Å². The highest BCUT2D eigenvalue weighted by atomic mass is 19.4. The Balaban J connectivity index is 1.78. The molecule has 0 bridgehead atoms. The van der Waals surface area contributed by atoms with Gasteiger partial charge in [-0.05, 0) is 68.1 Å². The summed E-state index contributed by atoms with van der Waals surface area (Å²) in [7, 11) is 0. The average molecular weight is 366 g/mol. The van der Waals surface area contributed by atoms with Gasteiger partial charge in [-0.1, -0.05) is 26.2 Å². The van der Waals surface area contributed by atoms with E-state index >= 15 is 0 Å². The van der Waals surface area contributed by atoms with E-state index < -0.39 is 18.0 Å². The van der Waals surface area contributed by atoms with Crippen molar-refractivity contribution < 1.29 is 22.0 Å². The molecule has 25 heavy (non-hydrogen) atoms. The van der Waals surface area contributed by atoms with Gasteiger partial charge < -0.3 is 0 Å². The lowest BCUT2D eigenvalue weighted by atomic mass is 9.51. The molecule has 0 amide bonds. The van der Waals surface area contributed by atoms with Gasteiger partial charge in [0.15, 0.2) is 0 Å². The van der Waals surface area contributed by atoms with Gasteiger partial charge in [0.2, 0.25) is 5.92 Å². The number of halogens is 5. The van der Waals surface area contributed by atoms with Gasteiger partial charge in [-0.25, -0.2) is 8.78 Å². The molecule has 0 saturated heterocycles. The van der Waals surface area contributed by atoms with E-state index in [2.05, 4.69) is 6.92 Å². The minimum Gasteiger partial charge on any atom is -0.207 e. The number of alkyl halides is 5. The highest BCUT2D eigenvalue weighted by Crippen LogP contribution is 2.60. The molecule has 0 radical (unpaired) electrons. The third-order valence-corrected chi connectivity index (χ3v) is 7.77. The van der Waals surface area contributed by atoms with Gasteiger partial charge in [-0.3, -0.25) is 0 Å². The first-order valence-electron chi connectivity index (χ1n) is 10.1. The van der Waals surface area contributed by atoms with Crippen LogP contribution in [0, 0.1) is 29.1 Å². The summed E-state index contributed by atoms with van der Waals surface area (Å²) in [5.41, 5.74) is -0.141. The van der Waals surface area contributed by atoms with Crippen LogP contribution in [0.3, 0.4) is 0 Å². The van der Waals surface area contributed by atoms with Crippen molar-refractivity contribution >= 4 is 0 Å². The number of rotatable bonds is 2. The monoisotopic (exact) mass is 366 g/mol. The van der Waals surface area contributed by atoms with E-state index in [9.17, 15) is 22.0 Å². The minimum absolute atomic E-state index is 0.0740. The van der Waals surface area contributed by atoms with E-state index in [1.54, 1.807) is 0 Å². The lowest BCUT2D eigenvalue weighted by molar-refractivity contribution is -0.191. The van der Waals surface area contributed by atoms with Crippen LogP contribution in [0.1, 0.15) is 84.0 Å². The molecule has 2 atom stereocenters. The van der Waals surface area contributed by atoms with Crippen LogP contribution in [-0.2, 0) is 0 Å². The Morgan fingerprint density at radius 3 is 1.84 bits per heavy atom. The Bertz CT molecular complexity index is 437. The molecule has 0 spiro atoms. The molecule has 3 aliphatic carbocycles.